The Hall–Kier alpha value is -2.54. The molecule has 0 unspecified atom stereocenters. The second kappa shape index (κ2) is 8.02. The first-order valence-corrected chi connectivity index (χ1v) is 8.59. The SMILES string of the molecule is CC(=O)c1ccc(NC(=O)CCN2CCC(n3cncn3)CC2)cc1. The number of Topliss-reactive ketones (excluding diaryl/α,β-unsaturated/α-hetero) is 1. The lowest BCUT2D eigenvalue weighted by atomic mass is 10.1. The largest absolute Gasteiger partial charge is 0.326 e. The fourth-order valence-corrected chi connectivity index (χ4v) is 3.08. The highest BCUT2D eigenvalue weighted by Gasteiger charge is 2.21. The molecule has 3 rings (SSSR count). The number of piperidine rings is 1. The summed E-state index contributed by atoms with van der Waals surface area (Å²) >= 11 is 0. The molecule has 1 aromatic carbocycles. The minimum Gasteiger partial charge on any atom is -0.326 e. The van der Waals surface area contributed by atoms with E-state index in [0.29, 0.717) is 18.0 Å². The van der Waals surface area contributed by atoms with Gasteiger partial charge in [0, 0.05) is 37.3 Å². The molecule has 0 atom stereocenters. The zero-order chi connectivity index (χ0) is 17.6. The fourth-order valence-electron chi connectivity index (χ4n) is 3.08. The highest BCUT2D eigenvalue weighted by atomic mass is 16.1. The van der Waals surface area contributed by atoms with Crippen LogP contribution in [0.15, 0.2) is 36.9 Å². The molecular formula is C18H23N5O2. The van der Waals surface area contributed by atoms with Crippen molar-refractivity contribution in [1.82, 2.24) is 19.7 Å². The number of benzene rings is 1. The van der Waals surface area contributed by atoms with Crippen LogP contribution in [0, 0.1) is 0 Å². The minimum absolute atomic E-state index is 0.00558. The summed E-state index contributed by atoms with van der Waals surface area (Å²) < 4.78 is 1.93. The van der Waals surface area contributed by atoms with Crippen molar-refractivity contribution in [2.75, 3.05) is 25.0 Å². The summed E-state index contributed by atoms with van der Waals surface area (Å²) in [5, 5.41) is 7.08. The molecule has 1 aliphatic rings. The van der Waals surface area contributed by atoms with E-state index in [4.69, 9.17) is 0 Å². The summed E-state index contributed by atoms with van der Waals surface area (Å²) in [4.78, 5) is 29.7. The average molecular weight is 341 g/mol. The Bertz CT molecular complexity index is 704. The third-order valence-electron chi connectivity index (χ3n) is 4.60. The van der Waals surface area contributed by atoms with Crippen LogP contribution in [0.2, 0.25) is 0 Å². The van der Waals surface area contributed by atoms with Crippen molar-refractivity contribution in [3.05, 3.63) is 42.5 Å². The normalized spacial score (nSPS) is 15.9. The molecule has 2 heterocycles. The Morgan fingerprint density at radius 3 is 2.52 bits per heavy atom. The smallest absolute Gasteiger partial charge is 0.225 e. The van der Waals surface area contributed by atoms with Crippen LogP contribution >= 0.6 is 0 Å². The quantitative estimate of drug-likeness (QED) is 0.814. The first kappa shape index (κ1) is 17.3. The van der Waals surface area contributed by atoms with Gasteiger partial charge < -0.3 is 10.2 Å². The number of aromatic nitrogens is 3. The molecule has 0 saturated carbocycles. The Labute approximate surface area is 147 Å². The van der Waals surface area contributed by atoms with Gasteiger partial charge in [-0.2, -0.15) is 5.10 Å². The molecular weight excluding hydrogens is 318 g/mol. The summed E-state index contributed by atoms with van der Waals surface area (Å²) in [5.41, 5.74) is 1.37. The van der Waals surface area contributed by atoms with Crippen molar-refractivity contribution in [1.29, 1.82) is 0 Å². The van der Waals surface area contributed by atoms with Gasteiger partial charge in [-0.25, -0.2) is 9.67 Å². The van der Waals surface area contributed by atoms with Crippen molar-refractivity contribution in [2.45, 2.75) is 32.2 Å². The van der Waals surface area contributed by atoms with Crippen LogP contribution in [-0.2, 0) is 4.79 Å². The van der Waals surface area contributed by atoms with Crippen LogP contribution in [0.5, 0.6) is 0 Å². The number of nitrogens with one attached hydrogen (secondary N) is 1. The van der Waals surface area contributed by atoms with Crippen LogP contribution < -0.4 is 5.32 Å². The molecule has 2 aromatic rings. The first-order chi connectivity index (χ1) is 12.1. The molecule has 132 valence electrons. The molecule has 1 saturated heterocycles. The predicted molar refractivity (Wildman–Crippen MR) is 94.4 cm³/mol. The molecule has 1 aromatic heterocycles. The van der Waals surface area contributed by atoms with Gasteiger partial charge in [0.1, 0.15) is 12.7 Å². The number of nitrogens with zero attached hydrogens (tertiary/aromatic N) is 4. The van der Waals surface area contributed by atoms with E-state index < -0.39 is 0 Å². The van der Waals surface area contributed by atoms with Crippen molar-refractivity contribution in [3.8, 4) is 0 Å². The molecule has 1 fully saturated rings. The second-order valence-corrected chi connectivity index (χ2v) is 6.38. The van der Waals surface area contributed by atoms with Gasteiger partial charge in [-0.1, -0.05) is 0 Å². The van der Waals surface area contributed by atoms with E-state index in [1.165, 1.54) is 6.92 Å². The Morgan fingerprint density at radius 1 is 1.20 bits per heavy atom. The van der Waals surface area contributed by atoms with Crippen LogP contribution in [-0.4, -0.2) is 51.0 Å². The molecule has 0 aliphatic carbocycles. The third kappa shape index (κ3) is 4.73. The summed E-state index contributed by atoms with van der Waals surface area (Å²) in [6.07, 6.45) is 5.85. The van der Waals surface area contributed by atoms with Crippen molar-refractivity contribution in [2.24, 2.45) is 0 Å². The summed E-state index contributed by atoms with van der Waals surface area (Å²) in [5.74, 6) is 0.0150. The lowest BCUT2D eigenvalue weighted by Gasteiger charge is -2.31. The number of ketones is 1. The number of amides is 1. The molecule has 1 aliphatic heterocycles. The maximum absolute atomic E-state index is 12.1. The van der Waals surface area contributed by atoms with Gasteiger partial charge in [-0.3, -0.25) is 9.59 Å². The van der Waals surface area contributed by atoms with E-state index in [1.54, 1.807) is 36.9 Å². The van der Waals surface area contributed by atoms with Crippen LogP contribution in [0.25, 0.3) is 0 Å². The van der Waals surface area contributed by atoms with E-state index in [0.717, 1.165) is 38.2 Å². The van der Waals surface area contributed by atoms with Crippen molar-refractivity contribution in [3.63, 3.8) is 0 Å². The first-order valence-electron chi connectivity index (χ1n) is 8.59. The number of hydrogen-bond donors (Lipinski definition) is 1. The predicted octanol–water partition coefficient (Wildman–Crippen LogP) is 2.15. The molecule has 7 nitrogen and oxygen atoms in total. The van der Waals surface area contributed by atoms with Crippen LogP contribution in [0.3, 0.4) is 0 Å². The highest BCUT2D eigenvalue weighted by molar-refractivity contribution is 5.95. The van der Waals surface area contributed by atoms with Gasteiger partial charge in [-0.05, 0) is 44.0 Å². The second-order valence-electron chi connectivity index (χ2n) is 6.38. The summed E-state index contributed by atoms with van der Waals surface area (Å²) in [6.45, 7) is 4.21. The number of carbonyl (C=O) groups excluding carboxylic acids is 2. The van der Waals surface area contributed by atoms with E-state index in [1.807, 2.05) is 4.68 Å². The van der Waals surface area contributed by atoms with Crippen molar-refractivity contribution < 1.29 is 9.59 Å². The number of hydrogen-bond acceptors (Lipinski definition) is 5. The highest BCUT2D eigenvalue weighted by Crippen LogP contribution is 2.21. The standard InChI is InChI=1S/C18H23N5O2/c1-14(24)15-2-4-16(5-3-15)21-18(25)8-11-22-9-6-17(7-10-22)23-13-19-12-20-23/h2-5,12-13,17H,6-11H2,1H3,(H,21,25). The van der Waals surface area contributed by atoms with E-state index in [9.17, 15) is 9.59 Å². The summed E-state index contributed by atoms with van der Waals surface area (Å²) in [6, 6.07) is 7.39. The number of carbonyl (C=O) groups is 2. The van der Waals surface area contributed by atoms with Gasteiger partial charge in [0.2, 0.25) is 5.91 Å². The zero-order valence-corrected chi connectivity index (χ0v) is 14.4. The topological polar surface area (TPSA) is 80.1 Å². The molecule has 0 bridgehead atoms. The molecule has 1 N–H and O–H groups in total. The molecule has 0 radical (unpaired) electrons. The number of rotatable bonds is 6. The van der Waals surface area contributed by atoms with Gasteiger partial charge >= 0.3 is 0 Å². The lowest BCUT2D eigenvalue weighted by Crippen LogP contribution is -2.36. The van der Waals surface area contributed by atoms with Crippen LogP contribution in [0.1, 0.15) is 42.6 Å². The van der Waals surface area contributed by atoms with E-state index >= 15 is 0 Å². The fraction of sp³-hybridized carbons (Fsp3) is 0.444. The Kier molecular flexibility index (Phi) is 5.55. The average Bonchev–Trinajstić information content (AvgIpc) is 3.15. The van der Waals surface area contributed by atoms with E-state index in [-0.39, 0.29) is 11.7 Å². The van der Waals surface area contributed by atoms with Crippen molar-refractivity contribution >= 4 is 17.4 Å². The monoisotopic (exact) mass is 341 g/mol. The number of likely N-dealkylation sites (tertiary alicyclic amines) is 1. The zero-order valence-electron chi connectivity index (χ0n) is 14.4. The van der Waals surface area contributed by atoms with Gasteiger partial charge in [-0.15, -0.1) is 0 Å². The lowest BCUT2D eigenvalue weighted by molar-refractivity contribution is -0.116. The van der Waals surface area contributed by atoms with Gasteiger partial charge in [0.05, 0.1) is 6.04 Å². The molecule has 7 heteroatoms. The minimum atomic E-state index is -0.00558. The van der Waals surface area contributed by atoms with Gasteiger partial charge in [0.15, 0.2) is 5.78 Å². The molecule has 1 amide bonds. The Balaban J connectivity index is 1.40. The van der Waals surface area contributed by atoms with Gasteiger partial charge in [0.25, 0.3) is 0 Å². The van der Waals surface area contributed by atoms with E-state index in [2.05, 4.69) is 20.3 Å². The molecule has 0 spiro atoms. The third-order valence-corrected chi connectivity index (χ3v) is 4.60. The Morgan fingerprint density at radius 2 is 1.92 bits per heavy atom. The maximum atomic E-state index is 12.1. The molecule has 25 heavy (non-hydrogen) atoms. The number of anilines is 1. The summed E-state index contributed by atoms with van der Waals surface area (Å²) in [7, 11) is 0. The van der Waals surface area contributed by atoms with Crippen LogP contribution in [0.4, 0.5) is 5.69 Å². The maximum Gasteiger partial charge on any atom is 0.225 e.